The van der Waals surface area contributed by atoms with E-state index >= 15 is 0 Å². The number of unbranched alkanes of at least 4 members (excludes halogenated alkanes) is 1. The second-order valence-electron chi connectivity index (χ2n) is 4.75. The summed E-state index contributed by atoms with van der Waals surface area (Å²) in [6.45, 7) is 4.42. The van der Waals surface area contributed by atoms with E-state index in [1.165, 1.54) is 19.1 Å². The monoisotopic (exact) mass is 286 g/mol. The molecule has 2 N–H and O–H groups in total. The van der Waals surface area contributed by atoms with E-state index in [2.05, 4.69) is 6.92 Å². The SMILES string of the molecule is CCCCOCC(O)COc1ccc([C@H](C)O)c(F)c1. The van der Waals surface area contributed by atoms with Crippen molar-refractivity contribution in [3.05, 3.63) is 29.6 Å². The summed E-state index contributed by atoms with van der Waals surface area (Å²) in [7, 11) is 0. The van der Waals surface area contributed by atoms with Crippen LogP contribution in [0, 0.1) is 5.82 Å². The van der Waals surface area contributed by atoms with E-state index in [1.807, 2.05) is 0 Å². The highest BCUT2D eigenvalue weighted by Gasteiger charge is 2.10. The molecule has 20 heavy (non-hydrogen) atoms. The summed E-state index contributed by atoms with van der Waals surface area (Å²) < 4.78 is 24.1. The average Bonchev–Trinajstić information content (AvgIpc) is 2.41. The lowest BCUT2D eigenvalue weighted by atomic mass is 10.1. The molecule has 0 spiro atoms. The molecule has 1 aromatic rings. The van der Waals surface area contributed by atoms with Crippen LogP contribution >= 0.6 is 0 Å². The highest BCUT2D eigenvalue weighted by molar-refractivity contribution is 5.30. The second kappa shape index (κ2) is 8.89. The maximum absolute atomic E-state index is 13.6. The van der Waals surface area contributed by atoms with Gasteiger partial charge in [-0.25, -0.2) is 4.39 Å². The molecule has 114 valence electrons. The zero-order valence-corrected chi connectivity index (χ0v) is 12.0. The van der Waals surface area contributed by atoms with Gasteiger partial charge in [0.25, 0.3) is 0 Å². The molecule has 0 fully saturated rings. The van der Waals surface area contributed by atoms with Gasteiger partial charge in [0.15, 0.2) is 0 Å². The fourth-order valence-electron chi connectivity index (χ4n) is 1.64. The Morgan fingerprint density at radius 3 is 2.60 bits per heavy atom. The van der Waals surface area contributed by atoms with Gasteiger partial charge in [0, 0.05) is 18.2 Å². The maximum Gasteiger partial charge on any atom is 0.132 e. The van der Waals surface area contributed by atoms with Gasteiger partial charge in [-0.05, 0) is 25.5 Å². The van der Waals surface area contributed by atoms with E-state index in [0.29, 0.717) is 12.4 Å². The quantitative estimate of drug-likeness (QED) is 0.685. The molecule has 0 aliphatic heterocycles. The minimum atomic E-state index is -0.860. The standard InChI is InChI=1S/C15H23FO4/c1-3-4-7-19-9-12(18)10-20-13-5-6-14(11(2)17)15(16)8-13/h5-6,8,11-12,17-18H,3-4,7,9-10H2,1-2H3/t11-,12?/m0/s1. The number of benzene rings is 1. The van der Waals surface area contributed by atoms with Crippen molar-refractivity contribution >= 4 is 0 Å². The molecule has 0 aliphatic rings. The Kier molecular flexibility index (Phi) is 7.51. The number of aliphatic hydroxyl groups excluding tert-OH is 2. The van der Waals surface area contributed by atoms with E-state index in [-0.39, 0.29) is 18.8 Å². The lowest BCUT2D eigenvalue weighted by Gasteiger charge is -2.14. The summed E-state index contributed by atoms with van der Waals surface area (Å²) in [5, 5.41) is 19.0. The molecule has 1 aromatic carbocycles. The summed E-state index contributed by atoms with van der Waals surface area (Å²) >= 11 is 0. The van der Waals surface area contributed by atoms with Gasteiger partial charge in [0.05, 0.1) is 12.7 Å². The summed E-state index contributed by atoms with van der Waals surface area (Å²) in [5.74, 6) is -0.203. The molecular formula is C15H23FO4. The predicted octanol–water partition coefficient (Wildman–Crippen LogP) is 2.44. The van der Waals surface area contributed by atoms with Crippen molar-refractivity contribution in [2.75, 3.05) is 19.8 Å². The Hall–Kier alpha value is -1.17. The molecule has 0 saturated carbocycles. The van der Waals surface area contributed by atoms with E-state index in [9.17, 15) is 14.6 Å². The topological polar surface area (TPSA) is 58.9 Å². The van der Waals surface area contributed by atoms with Gasteiger partial charge in [-0.1, -0.05) is 13.3 Å². The summed E-state index contributed by atoms with van der Waals surface area (Å²) in [5.41, 5.74) is 0.223. The number of aliphatic hydroxyl groups is 2. The van der Waals surface area contributed by atoms with Crippen LogP contribution in [0.4, 0.5) is 4.39 Å². The summed E-state index contributed by atoms with van der Waals surface area (Å²) in [6, 6.07) is 4.24. The molecular weight excluding hydrogens is 263 g/mol. The van der Waals surface area contributed by atoms with Gasteiger partial charge in [-0.3, -0.25) is 0 Å². The Balaban J connectivity index is 2.36. The van der Waals surface area contributed by atoms with Gasteiger partial charge >= 0.3 is 0 Å². The average molecular weight is 286 g/mol. The van der Waals surface area contributed by atoms with Crippen molar-refractivity contribution in [2.45, 2.75) is 38.9 Å². The lowest BCUT2D eigenvalue weighted by Crippen LogP contribution is -2.23. The Bertz CT molecular complexity index is 395. The minimum Gasteiger partial charge on any atom is -0.491 e. The first-order valence-electron chi connectivity index (χ1n) is 6.90. The normalized spacial score (nSPS) is 14.1. The smallest absolute Gasteiger partial charge is 0.132 e. The molecule has 5 heteroatoms. The molecule has 1 rings (SSSR count). The molecule has 0 aliphatic carbocycles. The third-order valence-corrected chi connectivity index (χ3v) is 2.82. The van der Waals surface area contributed by atoms with Gasteiger partial charge in [-0.2, -0.15) is 0 Å². The molecule has 0 radical (unpaired) electrons. The third-order valence-electron chi connectivity index (χ3n) is 2.82. The molecule has 0 heterocycles. The van der Waals surface area contributed by atoms with Crippen LogP contribution in [0.5, 0.6) is 5.75 Å². The summed E-state index contributed by atoms with van der Waals surface area (Å²) in [6.07, 6.45) is 0.397. The first-order valence-corrected chi connectivity index (χ1v) is 6.90. The van der Waals surface area contributed by atoms with Crippen molar-refractivity contribution in [3.8, 4) is 5.75 Å². The van der Waals surface area contributed by atoms with Gasteiger partial charge in [-0.15, -0.1) is 0 Å². The first-order chi connectivity index (χ1) is 9.54. The highest BCUT2D eigenvalue weighted by atomic mass is 19.1. The predicted molar refractivity (Wildman–Crippen MR) is 74.3 cm³/mol. The molecule has 0 aromatic heterocycles. The molecule has 0 saturated heterocycles. The van der Waals surface area contributed by atoms with Crippen LogP contribution in [0.25, 0.3) is 0 Å². The van der Waals surface area contributed by atoms with E-state index < -0.39 is 18.0 Å². The lowest BCUT2D eigenvalue weighted by molar-refractivity contribution is 0.0112. The van der Waals surface area contributed by atoms with Crippen LogP contribution in [-0.4, -0.2) is 36.1 Å². The number of halogens is 1. The van der Waals surface area contributed by atoms with Gasteiger partial charge < -0.3 is 19.7 Å². The number of rotatable bonds is 9. The maximum atomic E-state index is 13.6. The van der Waals surface area contributed by atoms with Crippen molar-refractivity contribution < 1.29 is 24.1 Å². The first kappa shape index (κ1) is 16.9. The van der Waals surface area contributed by atoms with E-state index in [0.717, 1.165) is 12.8 Å². The fraction of sp³-hybridized carbons (Fsp3) is 0.600. The van der Waals surface area contributed by atoms with Gasteiger partial charge in [0.1, 0.15) is 24.3 Å². The third kappa shape index (κ3) is 5.86. The zero-order valence-electron chi connectivity index (χ0n) is 12.0. The van der Waals surface area contributed by atoms with E-state index in [4.69, 9.17) is 9.47 Å². The van der Waals surface area contributed by atoms with Crippen LogP contribution in [0.15, 0.2) is 18.2 Å². The van der Waals surface area contributed by atoms with Crippen LogP contribution in [0.2, 0.25) is 0 Å². The number of hydrogen-bond acceptors (Lipinski definition) is 4. The number of ether oxygens (including phenoxy) is 2. The number of hydrogen-bond donors (Lipinski definition) is 2. The summed E-state index contributed by atoms with van der Waals surface area (Å²) in [4.78, 5) is 0. The second-order valence-corrected chi connectivity index (χ2v) is 4.75. The van der Waals surface area contributed by atoms with Crippen molar-refractivity contribution in [2.24, 2.45) is 0 Å². The van der Waals surface area contributed by atoms with Crippen LogP contribution in [0.1, 0.15) is 38.4 Å². The molecule has 2 atom stereocenters. The molecule has 0 amide bonds. The minimum absolute atomic E-state index is 0.0413. The van der Waals surface area contributed by atoms with Crippen molar-refractivity contribution in [1.82, 2.24) is 0 Å². The van der Waals surface area contributed by atoms with Gasteiger partial charge in [0.2, 0.25) is 0 Å². The van der Waals surface area contributed by atoms with E-state index in [1.54, 1.807) is 6.07 Å². The van der Waals surface area contributed by atoms with Crippen molar-refractivity contribution in [3.63, 3.8) is 0 Å². The Labute approximate surface area is 119 Å². The highest BCUT2D eigenvalue weighted by Crippen LogP contribution is 2.21. The van der Waals surface area contributed by atoms with Crippen LogP contribution < -0.4 is 4.74 Å². The fourth-order valence-corrected chi connectivity index (χ4v) is 1.64. The Morgan fingerprint density at radius 2 is 2.00 bits per heavy atom. The van der Waals surface area contributed by atoms with Crippen molar-refractivity contribution in [1.29, 1.82) is 0 Å². The van der Waals surface area contributed by atoms with Crippen LogP contribution in [-0.2, 0) is 4.74 Å². The molecule has 1 unspecified atom stereocenters. The Morgan fingerprint density at radius 1 is 1.25 bits per heavy atom. The zero-order chi connectivity index (χ0) is 15.0. The molecule has 4 nitrogen and oxygen atoms in total. The largest absolute Gasteiger partial charge is 0.491 e. The van der Waals surface area contributed by atoms with Crippen LogP contribution in [0.3, 0.4) is 0 Å². The molecule has 0 bridgehead atoms.